The summed E-state index contributed by atoms with van der Waals surface area (Å²) < 4.78 is 32.3. The average molecular weight is 414 g/mol. The normalized spacial score (nSPS) is 16.4. The predicted molar refractivity (Wildman–Crippen MR) is 100 cm³/mol. The minimum absolute atomic E-state index is 0.0167. The molecule has 3 rings (SSSR count). The number of hydrogen-bond acceptors (Lipinski definition) is 4. The van der Waals surface area contributed by atoms with Crippen LogP contribution in [-0.4, -0.2) is 31.8 Å². The van der Waals surface area contributed by atoms with Crippen molar-refractivity contribution in [3.05, 3.63) is 58.6 Å². The van der Waals surface area contributed by atoms with Crippen LogP contribution >= 0.6 is 23.2 Å². The van der Waals surface area contributed by atoms with Crippen molar-refractivity contribution in [2.24, 2.45) is 5.92 Å². The van der Waals surface area contributed by atoms with E-state index in [0.717, 1.165) is 0 Å². The van der Waals surface area contributed by atoms with Crippen molar-refractivity contribution < 1.29 is 17.9 Å². The molecule has 1 heterocycles. The summed E-state index contributed by atoms with van der Waals surface area (Å²) in [6.07, 6.45) is 0.784. The third kappa shape index (κ3) is 4.20. The topological polar surface area (TPSA) is 63.7 Å². The number of nitrogens with zero attached hydrogens (tertiary/aromatic N) is 1. The number of benzene rings is 2. The second-order valence-electron chi connectivity index (χ2n) is 5.99. The van der Waals surface area contributed by atoms with Crippen LogP contribution in [0.5, 0.6) is 5.75 Å². The van der Waals surface area contributed by atoms with Crippen molar-refractivity contribution >= 4 is 39.2 Å². The first kappa shape index (κ1) is 19.2. The molecular formula is C18H17Cl2NO4S. The number of carbonyl (C=O) groups is 1. The number of piperidine rings is 1. The van der Waals surface area contributed by atoms with Gasteiger partial charge in [-0.3, -0.25) is 4.79 Å². The van der Waals surface area contributed by atoms with Crippen LogP contribution in [-0.2, 0) is 14.8 Å². The largest absolute Gasteiger partial charge is 0.426 e. The van der Waals surface area contributed by atoms with Crippen LogP contribution in [0.2, 0.25) is 10.0 Å². The Hall–Kier alpha value is -1.60. The van der Waals surface area contributed by atoms with E-state index in [1.54, 1.807) is 24.3 Å². The minimum atomic E-state index is -3.76. The van der Waals surface area contributed by atoms with Crippen LogP contribution < -0.4 is 4.74 Å². The standard InChI is InChI=1S/C18H17Cl2NO4S/c19-14-6-7-16(20)17(12-14)26(23,24)21-10-8-13(9-11-21)18(22)25-15-4-2-1-3-5-15/h1-7,12-13H,8-11H2. The lowest BCUT2D eigenvalue weighted by Crippen LogP contribution is -2.41. The lowest BCUT2D eigenvalue weighted by Gasteiger charge is -2.30. The van der Waals surface area contributed by atoms with Crippen molar-refractivity contribution in [3.8, 4) is 5.75 Å². The van der Waals surface area contributed by atoms with Crippen molar-refractivity contribution in [1.82, 2.24) is 4.31 Å². The van der Waals surface area contributed by atoms with E-state index in [4.69, 9.17) is 27.9 Å². The van der Waals surface area contributed by atoms with Gasteiger partial charge in [0.1, 0.15) is 10.6 Å². The molecule has 0 atom stereocenters. The summed E-state index contributed by atoms with van der Waals surface area (Å²) >= 11 is 11.9. The highest BCUT2D eigenvalue weighted by molar-refractivity contribution is 7.89. The maximum Gasteiger partial charge on any atom is 0.314 e. The van der Waals surface area contributed by atoms with Crippen molar-refractivity contribution in [1.29, 1.82) is 0 Å². The lowest BCUT2D eigenvalue weighted by atomic mass is 9.98. The molecule has 5 nitrogen and oxygen atoms in total. The van der Waals surface area contributed by atoms with Crippen molar-refractivity contribution in [2.45, 2.75) is 17.7 Å². The van der Waals surface area contributed by atoms with Gasteiger partial charge >= 0.3 is 5.97 Å². The molecule has 0 amide bonds. The fraction of sp³-hybridized carbons (Fsp3) is 0.278. The number of para-hydroxylation sites is 1. The van der Waals surface area contributed by atoms with Gasteiger partial charge in [0.15, 0.2) is 0 Å². The van der Waals surface area contributed by atoms with Gasteiger partial charge in [-0.2, -0.15) is 4.31 Å². The second-order valence-corrected chi connectivity index (χ2v) is 8.74. The van der Waals surface area contributed by atoms with Crippen LogP contribution in [0.3, 0.4) is 0 Å². The average Bonchev–Trinajstić information content (AvgIpc) is 2.64. The van der Waals surface area contributed by atoms with Gasteiger partial charge in [0.2, 0.25) is 10.0 Å². The van der Waals surface area contributed by atoms with Crippen LogP contribution in [0.15, 0.2) is 53.4 Å². The second kappa shape index (κ2) is 7.96. The molecule has 0 N–H and O–H groups in total. The van der Waals surface area contributed by atoms with E-state index in [1.807, 2.05) is 6.07 Å². The first-order valence-electron chi connectivity index (χ1n) is 8.10. The number of esters is 1. The highest BCUT2D eigenvalue weighted by Gasteiger charge is 2.34. The molecule has 26 heavy (non-hydrogen) atoms. The smallest absolute Gasteiger partial charge is 0.314 e. The van der Waals surface area contributed by atoms with Crippen molar-refractivity contribution in [2.75, 3.05) is 13.1 Å². The molecule has 0 radical (unpaired) electrons. The molecule has 1 aliphatic rings. The third-order valence-electron chi connectivity index (χ3n) is 4.26. The number of hydrogen-bond donors (Lipinski definition) is 0. The number of ether oxygens (including phenoxy) is 1. The molecule has 8 heteroatoms. The highest BCUT2D eigenvalue weighted by atomic mass is 35.5. The summed E-state index contributed by atoms with van der Waals surface area (Å²) in [7, 11) is -3.76. The Morgan fingerprint density at radius 2 is 1.69 bits per heavy atom. The molecule has 0 aromatic heterocycles. The van der Waals surface area contributed by atoms with Gasteiger partial charge in [-0.15, -0.1) is 0 Å². The zero-order valence-corrected chi connectivity index (χ0v) is 16.1. The number of halogens is 2. The minimum Gasteiger partial charge on any atom is -0.426 e. The Bertz CT molecular complexity index is 895. The van der Waals surface area contributed by atoms with E-state index in [-0.39, 0.29) is 34.9 Å². The van der Waals surface area contributed by atoms with Gasteiger partial charge < -0.3 is 4.74 Å². The van der Waals surface area contributed by atoms with Gasteiger partial charge in [0.05, 0.1) is 10.9 Å². The molecular weight excluding hydrogens is 397 g/mol. The van der Waals surface area contributed by atoms with E-state index in [0.29, 0.717) is 23.6 Å². The molecule has 0 aliphatic carbocycles. The van der Waals surface area contributed by atoms with E-state index in [2.05, 4.69) is 0 Å². The Balaban J connectivity index is 1.66. The maximum atomic E-state index is 12.8. The quantitative estimate of drug-likeness (QED) is 0.561. The summed E-state index contributed by atoms with van der Waals surface area (Å²) in [5.74, 6) is -0.191. The Kier molecular flexibility index (Phi) is 5.87. The highest BCUT2D eigenvalue weighted by Crippen LogP contribution is 2.30. The molecule has 0 bridgehead atoms. The van der Waals surface area contributed by atoms with E-state index in [1.165, 1.54) is 22.5 Å². The number of carbonyl (C=O) groups excluding carboxylic acids is 1. The van der Waals surface area contributed by atoms with Crippen LogP contribution in [0.25, 0.3) is 0 Å². The first-order valence-corrected chi connectivity index (χ1v) is 10.3. The molecule has 138 valence electrons. The lowest BCUT2D eigenvalue weighted by molar-refractivity contribution is -0.140. The summed E-state index contributed by atoms with van der Waals surface area (Å²) in [6, 6.07) is 13.2. The first-order chi connectivity index (χ1) is 12.4. The van der Waals surface area contributed by atoms with Gasteiger partial charge in [-0.25, -0.2) is 8.42 Å². The number of rotatable bonds is 4. The van der Waals surface area contributed by atoms with Gasteiger partial charge in [-0.05, 0) is 43.2 Å². The number of sulfonamides is 1. The van der Waals surface area contributed by atoms with Gasteiger partial charge in [0.25, 0.3) is 0 Å². The van der Waals surface area contributed by atoms with Crippen LogP contribution in [0, 0.1) is 5.92 Å². The summed E-state index contributed by atoms with van der Waals surface area (Å²) in [4.78, 5) is 12.2. The van der Waals surface area contributed by atoms with E-state index in [9.17, 15) is 13.2 Å². The third-order valence-corrected chi connectivity index (χ3v) is 6.88. The molecule has 2 aromatic rings. The SMILES string of the molecule is O=C(Oc1ccccc1)C1CCN(S(=O)(=O)c2cc(Cl)ccc2Cl)CC1. The zero-order chi connectivity index (χ0) is 18.7. The predicted octanol–water partition coefficient (Wildman–Crippen LogP) is 4.00. The molecule has 0 saturated carbocycles. The van der Waals surface area contributed by atoms with Gasteiger partial charge in [0, 0.05) is 18.1 Å². The van der Waals surface area contributed by atoms with Crippen molar-refractivity contribution in [3.63, 3.8) is 0 Å². The maximum absolute atomic E-state index is 12.8. The summed E-state index contributed by atoms with van der Waals surface area (Å²) in [5.41, 5.74) is 0. The molecule has 1 aliphatic heterocycles. The molecule has 1 fully saturated rings. The molecule has 2 aromatic carbocycles. The Labute approximate surface area is 162 Å². The summed E-state index contributed by atoms with van der Waals surface area (Å²) in [6.45, 7) is 0.444. The molecule has 1 saturated heterocycles. The van der Waals surface area contributed by atoms with E-state index >= 15 is 0 Å². The molecule has 0 spiro atoms. The summed E-state index contributed by atoms with van der Waals surface area (Å²) in [5, 5.41) is 0.425. The molecule has 0 unspecified atom stereocenters. The van der Waals surface area contributed by atoms with E-state index < -0.39 is 10.0 Å². The monoisotopic (exact) mass is 413 g/mol. The zero-order valence-electron chi connectivity index (χ0n) is 13.8. The van der Waals surface area contributed by atoms with Crippen LogP contribution in [0.4, 0.5) is 0 Å². The Morgan fingerprint density at radius 1 is 1.04 bits per heavy atom. The Morgan fingerprint density at radius 3 is 2.35 bits per heavy atom. The fourth-order valence-corrected chi connectivity index (χ4v) is 5.04. The van der Waals surface area contributed by atoms with Gasteiger partial charge in [-0.1, -0.05) is 41.4 Å². The van der Waals surface area contributed by atoms with Crippen LogP contribution in [0.1, 0.15) is 12.8 Å². The fourth-order valence-electron chi connectivity index (χ4n) is 2.83.